The van der Waals surface area contributed by atoms with Crippen LogP contribution in [-0.4, -0.2) is 17.9 Å². The standard InChI is InChI=1S/C15H17NO3S/c1-3-6-18-14-5-4-12(8-17)15(7-14)19-9-13-10-20-11(2)16-13/h4-5,7-8,10H,3,6,9H2,1-2H3. The lowest BCUT2D eigenvalue weighted by molar-refractivity contribution is 0.111. The maximum absolute atomic E-state index is 11.0. The zero-order valence-electron chi connectivity index (χ0n) is 11.6. The third-order valence-electron chi connectivity index (χ3n) is 2.63. The second-order valence-electron chi connectivity index (χ2n) is 4.31. The number of nitrogens with zero attached hydrogens (tertiary/aromatic N) is 1. The molecule has 0 unspecified atom stereocenters. The van der Waals surface area contributed by atoms with Crippen LogP contribution in [0.2, 0.25) is 0 Å². The summed E-state index contributed by atoms with van der Waals surface area (Å²) in [6.45, 7) is 4.99. The molecular formula is C15H17NO3S. The van der Waals surface area contributed by atoms with Crippen molar-refractivity contribution in [3.8, 4) is 11.5 Å². The maximum atomic E-state index is 11.0. The number of aryl methyl sites for hydroxylation is 1. The van der Waals surface area contributed by atoms with E-state index in [-0.39, 0.29) is 0 Å². The number of carbonyl (C=O) groups excluding carboxylic acids is 1. The molecule has 5 heteroatoms. The molecule has 0 spiro atoms. The highest BCUT2D eigenvalue weighted by atomic mass is 32.1. The SMILES string of the molecule is CCCOc1ccc(C=O)c(OCc2csc(C)n2)c1. The summed E-state index contributed by atoms with van der Waals surface area (Å²) in [7, 11) is 0. The number of ether oxygens (including phenoxy) is 2. The van der Waals surface area contributed by atoms with Crippen LogP contribution in [0.5, 0.6) is 11.5 Å². The van der Waals surface area contributed by atoms with Gasteiger partial charge in [-0.05, 0) is 25.5 Å². The number of hydrogen-bond acceptors (Lipinski definition) is 5. The van der Waals surface area contributed by atoms with Gasteiger partial charge in [0.1, 0.15) is 18.1 Å². The number of thiazole rings is 1. The average molecular weight is 291 g/mol. The largest absolute Gasteiger partial charge is 0.493 e. The molecule has 0 radical (unpaired) electrons. The molecule has 106 valence electrons. The van der Waals surface area contributed by atoms with E-state index in [1.807, 2.05) is 19.2 Å². The van der Waals surface area contributed by atoms with Gasteiger partial charge in [-0.3, -0.25) is 4.79 Å². The van der Waals surface area contributed by atoms with Gasteiger partial charge >= 0.3 is 0 Å². The number of rotatable bonds is 7. The van der Waals surface area contributed by atoms with E-state index < -0.39 is 0 Å². The van der Waals surface area contributed by atoms with Crippen LogP contribution >= 0.6 is 11.3 Å². The molecule has 4 nitrogen and oxygen atoms in total. The zero-order chi connectivity index (χ0) is 14.4. The summed E-state index contributed by atoms with van der Waals surface area (Å²) in [5.41, 5.74) is 1.38. The molecule has 20 heavy (non-hydrogen) atoms. The number of hydrogen-bond donors (Lipinski definition) is 0. The van der Waals surface area contributed by atoms with Crippen molar-refractivity contribution < 1.29 is 14.3 Å². The zero-order valence-corrected chi connectivity index (χ0v) is 12.4. The molecule has 2 aromatic rings. The van der Waals surface area contributed by atoms with Gasteiger partial charge in [-0.15, -0.1) is 11.3 Å². The van der Waals surface area contributed by atoms with E-state index in [9.17, 15) is 4.79 Å². The Kier molecular flexibility index (Phi) is 5.12. The minimum absolute atomic E-state index is 0.350. The van der Waals surface area contributed by atoms with Gasteiger partial charge in [0.05, 0.1) is 22.9 Å². The molecule has 0 aliphatic carbocycles. The van der Waals surface area contributed by atoms with Gasteiger partial charge < -0.3 is 9.47 Å². The van der Waals surface area contributed by atoms with E-state index in [2.05, 4.69) is 4.98 Å². The van der Waals surface area contributed by atoms with E-state index in [1.165, 1.54) is 0 Å². The summed E-state index contributed by atoms with van der Waals surface area (Å²) in [4.78, 5) is 15.4. The first kappa shape index (κ1) is 14.5. The van der Waals surface area contributed by atoms with Crippen LogP contribution < -0.4 is 9.47 Å². The maximum Gasteiger partial charge on any atom is 0.153 e. The van der Waals surface area contributed by atoms with Gasteiger partial charge in [-0.25, -0.2) is 4.98 Å². The van der Waals surface area contributed by atoms with Crippen LogP contribution in [0.25, 0.3) is 0 Å². The molecule has 0 atom stereocenters. The highest BCUT2D eigenvalue weighted by Crippen LogP contribution is 2.25. The predicted molar refractivity (Wildman–Crippen MR) is 78.8 cm³/mol. The molecule has 0 N–H and O–H groups in total. The lowest BCUT2D eigenvalue weighted by Gasteiger charge is -2.10. The van der Waals surface area contributed by atoms with Gasteiger partial charge in [0, 0.05) is 11.4 Å². The van der Waals surface area contributed by atoms with Crippen molar-refractivity contribution in [2.45, 2.75) is 26.9 Å². The molecule has 0 aliphatic heterocycles. The van der Waals surface area contributed by atoms with E-state index in [0.29, 0.717) is 30.3 Å². The molecule has 1 aromatic carbocycles. The van der Waals surface area contributed by atoms with Gasteiger partial charge in [-0.1, -0.05) is 6.92 Å². The van der Waals surface area contributed by atoms with E-state index in [4.69, 9.17) is 9.47 Å². The third-order valence-corrected chi connectivity index (χ3v) is 3.45. The number of aldehydes is 1. The summed E-state index contributed by atoms with van der Waals surface area (Å²) >= 11 is 1.58. The van der Waals surface area contributed by atoms with Gasteiger partial charge in [0.2, 0.25) is 0 Å². The molecule has 0 saturated carbocycles. The van der Waals surface area contributed by atoms with Crippen molar-refractivity contribution in [1.29, 1.82) is 0 Å². The second-order valence-corrected chi connectivity index (χ2v) is 5.37. The molecule has 0 aliphatic rings. The Bertz CT molecular complexity index is 580. The van der Waals surface area contributed by atoms with Crippen molar-refractivity contribution >= 4 is 17.6 Å². The molecular weight excluding hydrogens is 274 g/mol. The first-order chi connectivity index (χ1) is 9.72. The fraction of sp³-hybridized carbons (Fsp3) is 0.333. The van der Waals surface area contributed by atoms with Crippen LogP contribution in [0.3, 0.4) is 0 Å². The lowest BCUT2D eigenvalue weighted by Crippen LogP contribution is -2.00. The minimum Gasteiger partial charge on any atom is -0.493 e. The fourth-order valence-electron chi connectivity index (χ4n) is 1.67. The molecule has 0 saturated heterocycles. The Morgan fingerprint density at radius 1 is 1.35 bits per heavy atom. The van der Waals surface area contributed by atoms with Crippen LogP contribution in [0.4, 0.5) is 0 Å². The average Bonchev–Trinajstić information content (AvgIpc) is 2.88. The number of benzene rings is 1. The first-order valence-corrected chi connectivity index (χ1v) is 7.36. The van der Waals surface area contributed by atoms with Crippen molar-refractivity contribution in [1.82, 2.24) is 4.98 Å². The van der Waals surface area contributed by atoms with Crippen molar-refractivity contribution in [2.24, 2.45) is 0 Å². The van der Waals surface area contributed by atoms with E-state index >= 15 is 0 Å². The van der Waals surface area contributed by atoms with Crippen molar-refractivity contribution in [2.75, 3.05) is 6.61 Å². The summed E-state index contributed by atoms with van der Waals surface area (Å²) < 4.78 is 11.2. The summed E-state index contributed by atoms with van der Waals surface area (Å²) in [6.07, 6.45) is 1.72. The first-order valence-electron chi connectivity index (χ1n) is 6.48. The number of carbonyl (C=O) groups is 1. The van der Waals surface area contributed by atoms with E-state index in [0.717, 1.165) is 23.4 Å². The lowest BCUT2D eigenvalue weighted by atomic mass is 10.2. The number of aromatic nitrogens is 1. The smallest absolute Gasteiger partial charge is 0.153 e. The Morgan fingerprint density at radius 2 is 2.20 bits per heavy atom. The highest BCUT2D eigenvalue weighted by Gasteiger charge is 2.07. The molecule has 1 aromatic heterocycles. The fourth-order valence-corrected chi connectivity index (χ4v) is 2.27. The van der Waals surface area contributed by atoms with Crippen LogP contribution in [0.1, 0.15) is 34.4 Å². The van der Waals surface area contributed by atoms with E-state index in [1.54, 1.807) is 29.5 Å². The summed E-state index contributed by atoms with van der Waals surface area (Å²) in [5.74, 6) is 1.24. The third kappa shape index (κ3) is 3.81. The molecule has 0 bridgehead atoms. The van der Waals surface area contributed by atoms with Gasteiger partial charge in [0.25, 0.3) is 0 Å². The molecule has 0 fully saturated rings. The van der Waals surface area contributed by atoms with Gasteiger partial charge in [-0.2, -0.15) is 0 Å². The van der Waals surface area contributed by atoms with Crippen molar-refractivity contribution in [3.05, 3.63) is 39.8 Å². The normalized spacial score (nSPS) is 10.3. The molecule has 0 amide bonds. The predicted octanol–water partition coefficient (Wildman–Crippen LogP) is 3.63. The van der Waals surface area contributed by atoms with Crippen molar-refractivity contribution in [3.63, 3.8) is 0 Å². The second kappa shape index (κ2) is 7.05. The van der Waals surface area contributed by atoms with Crippen LogP contribution in [0.15, 0.2) is 23.6 Å². The molecule has 2 rings (SSSR count). The Morgan fingerprint density at radius 3 is 2.85 bits per heavy atom. The topological polar surface area (TPSA) is 48.4 Å². The van der Waals surface area contributed by atoms with Gasteiger partial charge in [0.15, 0.2) is 6.29 Å². The Labute approximate surface area is 122 Å². The molecule has 1 heterocycles. The highest BCUT2D eigenvalue weighted by molar-refractivity contribution is 7.09. The van der Waals surface area contributed by atoms with Crippen LogP contribution in [-0.2, 0) is 6.61 Å². The Hall–Kier alpha value is -1.88. The minimum atomic E-state index is 0.350. The monoisotopic (exact) mass is 291 g/mol. The van der Waals surface area contributed by atoms with Crippen LogP contribution in [0, 0.1) is 6.92 Å². The Balaban J connectivity index is 2.09. The summed E-state index contributed by atoms with van der Waals surface area (Å²) in [6, 6.07) is 5.23. The quantitative estimate of drug-likeness (QED) is 0.731. The summed E-state index contributed by atoms with van der Waals surface area (Å²) in [5, 5.41) is 2.95.